The number of hydrogen-bond acceptors (Lipinski definition) is 3. The van der Waals surface area contributed by atoms with Gasteiger partial charge in [0.2, 0.25) is 0 Å². The first kappa shape index (κ1) is 18.0. The number of ether oxygens (including phenoxy) is 1. The van der Waals surface area contributed by atoms with Gasteiger partial charge >= 0.3 is 12.2 Å². The van der Waals surface area contributed by atoms with Crippen LogP contribution in [-0.2, 0) is 12.7 Å². The highest BCUT2D eigenvalue weighted by Gasteiger charge is 2.35. The van der Waals surface area contributed by atoms with Gasteiger partial charge in [-0.05, 0) is 23.8 Å². The Kier molecular flexibility index (Phi) is 4.97. The van der Waals surface area contributed by atoms with E-state index in [1.54, 1.807) is 12.1 Å². The third kappa shape index (κ3) is 4.41. The SMILES string of the molecule is O=C(NCc1ccc(F)cc1)N1CC(Oc2ccnc(C(F)(F)F)c2)C1. The molecule has 1 aliphatic rings. The Balaban J connectivity index is 1.45. The summed E-state index contributed by atoms with van der Waals surface area (Å²) in [5.41, 5.74) is -0.271. The molecule has 5 nitrogen and oxygen atoms in total. The number of carbonyl (C=O) groups excluding carboxylic acids is 1. The predicted octanol–water partition coefficient (Wildman–Crippen LogP) is 3.21. The molecule has 2 heterocycles. The van der Waals surface area contributed by atoms with Gasteiger partial charge in [-0.3, -0.25) is 4.98 Å². The molecule has 138 valence electrons. The number of aromatic nitrogens is 1. The molecule has 0 unspecified atom stereocenters. The molecule has 1 aliphatic heterocycles. The highest BCUT2D eigenvalue weighted by Crippen LogP contribution is 2.30. The van der Waals surface area contributed by atoms with Gasteiger partial charge < -0.3 is 15.0 Å². The molecule has 1 N–H and O–H groups in total. The first-order valence-electron chi connectivity index (χ1n) is 7.78. The van der Waals surface area contributed by atoms with Crippen molar-refractivity contribution in [2.45, 2.75) is 18.8 Å². The van der Waals surface area contributed by atoms with Crippen molar-refractivity contribution in [2.75, 3.05) is 13.1 Å². The summed E-state index contributed by atoms with van der Waals surface area (Å²) in [6.07, 6.45) is -3.88. The second-order valence-corrected chi connectivity index (χ2v) is 5.80. The summed E-state index contributed by atoms with van der Waals surface area (Å²) in [6, 6.07) is 7.60. The van der Waals surface area contributed by atoms with E-state index < -0.39 is 11.9 Å². The first-order chi connectivity index (χ1) is 12.3. The summed E-state index contributed by atoms with van der Waals surface area (Å²) >= 11 is 0. The van der Waals surface area contributed by atoms with E-state index in [9.17, 15) is 22.4 Å². The van der Waals surface area contributed by atoms with Crippen molar-refractivity contribution in [2.24, 2.45) is 0 Å². The van der Waals surface area contributed by atoms with Crippen LogP contribution in [0.5, 0.6) is 5.75 Å². The predicted molar refractivity (Wildman–Crippen MR) is 83.9 cm³/mol. The fraction of sp³-hybridized carbons (Fsp3) is 0.294. The van der Waals surface area contributed by atoms with Gasteiger partial charge in [-0.2, -0.15) is 13.2 Å². The fourth-order valence-corrected chi connectivity index (χ4v) is 2.40. The van der Waals surface area contributed by atoms with Gasteiger partial charge in [-0.15, -0.1) is 0 Å². The number of hydrogen-bond donors (Lipinski definition) is 1. The summed E-state index contributed by atoms with van der Waals surface area (Å²) in [4.78, 5) is 16.7. The summed E-state index contributed by atoms with van der Waals surface area (Å²) < 4.78 is 56.1. The highest BCUT2D eigenvalue weighted by molar-refractivity contribution is 5.75. The minimum absolute atomic E-state index is 0.0590. The Hall–Kier alpha value is -2.84. The Morgan fingerprint density at radius 2 is 1.92 bits per heavy atom. The molecule has 0 atom stereocenters. The van der Waals surface area contributed by atoms with E-state index in [2.05, 4.69) is 10.3 Å². The standard InChI is InChI=1S/C17H15F4N3O2/c18-12-3-1-11(2-4-12)8-23-16(25)24-9-14(10-24)26-13-5-6-22-15(7-13)17(19,20)21/h1-7,14H,8-10H2,(H,23,25). The number of likely N-dealkylation sites (tertiary alicyclic amines) is 1. The Morgan fingerprint density at radius 1 is 1.23 bits per heavy atom. The van der Waals surface area contributed by atoms with Gasteiger partial charge in [0.05, 0.1) is 13.1 Å². The maximum absolute atomic E-state index is 12.8. The van der Waals surface area contributed by atoms with Crippen molar-refractivity contribution in [1.29, 1.82) is 0 Å². The number of amides is 2. The second kappa shape index (κ2) is 7.19. The summed E-state index contributed by atoms with van der Waals surface area (Å²) in [5, 5.41) is 2.68. The van der Waals surface area contributed by atoms with Gasteiger partial charge in [0.15, 0.2) is 0 Å². The van der Waals surface area contributed by atoms with Gasteiger partial charge in [-0.25, -0.2) is 9.18 Å². The first-order valence-corrected chi connectivity index (χ1v) is 7.78. The maximum atomic E-state index is 12.8. The molecule has 0 radical (unpaired) electrons. The number of rotatable bonds is 4. The minimum atomic E-state index is -4.54. The largest absolute Gasteiger partial charge is 0.487 e. The van der Waals surface area contributed by atoms with Crippen LogP contribution in [0, 0.1) is 5.82 Å². The fourth-order valence-electron chi connectivity index (χ4n) is 2.40. The van der Waals surface area contributed by atoms with Crippen LogP contribution in [0.25, 0.3) is 0 Å². The summed E-state index contributed by atoms with van der Waals surface area (Å²) in [7, 11) is 0. The zero-order valence-corrected chi connectivity index (χ0v) is 13.5. The van der Waals surface area contributed by atoms with Gasteiger partial charge in [0.1, 0.15) is 23.4 Å². The van der Waals surface area contributed by atoms with Gasteiger partial charge in [-0.1, -0.05) is 12.1 Å². The van der Waals surface area contributed by atoms with E-state index in [0.717, 1.165) is 17.8 Å². The lowest BCUT2D eigenvalue weighted by Crippen LogP contribution is -2.58. The molecule has 1 fully saturated rings. The van der Waals surface area contributed by atoms with E-state index in [4.69, 9.17) is 4.74 Å². The van der Waals surface area contributed by atoms with Crippen LogP contribution >= 0.6 is 0 Å². The number of pyridine rings is 1. The molecular weight excluding hydrogens is 354 g/mol. The second-order valence-electron chi connectivity index (χ2n) is 5.80. The monoisotopic (exact) mass is 369 g/mol. The maximum Gasteiger partial charge on any atom is 0.433 e. The number of nitrogens with one attached hydrogen (secondary N) is 1. The Bertz CT molecular complexity index is 774. The molecule has 0 aliphatic carbocycles. The molecule has 26 heavy (non-hydrogen) atoms. The van der Waals surface area contributed by atoms with Crippen LogP contribution in [0.3, 0.4) is 0 Å². The molecular formula is C17H15F4N3O2. The molecule has 1 saturated heterocycles. The van der Waals surface area contributed by atoms with E-state index in [0.29, 0.717) is 0 Å². The molecule has 0 spiro atoms. The molecule has 2 aromatic rings. The zero-order valence-electron chi connectivity index (χ0n) is 13.5. The van der Waals surface area contributed by atoms with E-state index in [1.807, 2.05) is 0 Å². The normalized spacial score (nSPS) is 14.7. The van der Waals surface area contributed by atoms with Crippen LogP contribution in [0.15, 0.2) is 42.6 Å². The summed E-state index contributed by atoms with van der Waals surface area (Å²) in [5.74, 6) is -0.295. The van der Waals surface area contributed by atoms with E-state index >= 15 is 0 Å². The molecule has 0 saturated carbocycles. The average Bonchev–Trinajstić information content (AvgIpc) is 2.56. The number of benzene rings is 1. The number of nitrogens with zero attached hydrogens (tertiary/aromatic N) is 2. The minimum Gasteiger partial charge on any atom is -0.487 e. The van der Waals surface area contributed by atoms with Crippen LogP contribution in [0.4, 0.5) is 22.4 Å². The Morgan fingerprint density at radius 3 is 2.58 bits per heavy atom. The van der Waals surface area contributed by atoms with Crippen molar-refractivity contribution < 1.29 is 27.1 Å². The number of alkyl halides is 3. The molecule has 2 amide bonds. The van der Waals surface area contributed by atoms with E-state index in [-0.39, 0.29) is 43.3 Å². The van der Waals surface area contributed by atoms with Crippen molar-refractivity contribution in [1.82, 2.24) is 15.2 Å². The highest BCUT2D eigenvalue weighted by atomic mass is 19.4. The number of carbonyl (C=O) groups is 1. The third-order valence-electron chi connectivity index (χ3n) is 3.82. The van der Waals surface area contributed by atoms with Crippen molar-refractivity contribution >= 4 is 6.03 Å². The number of halogens is 4. The van der Waals surface area contributed by atoms with Crippen molar-refractivity contribution in [3.63, 3.8) is 0 Å². The lowest BCUT2D eigenvalue weighted by molar-refractivity contribution is -0.141. The topological polar surface area (TPSA) is 54.5 Å². The molecule has 1 aromatic carbocycles. The van der Waals surface area contributed by atoms with Crippen LogP contribution in [-0.4, -0.2) is 35.1 Å². The van der Waals surface area contributed by atoms with Crippen molar-refractivity contribution in [3.8, 4) is 5.75 Å². The lowest BCUT2D eigenvalue weighted by Gasteiger charge is -2.38. The van der Waals surface area contributed by atoms with Crippen molar-refractivity contribution in [3.05, 3.63) is 59.7 Å². The molecule has 1 aromatic heterocycles. The van der Waals surface area contributed by atoms with E-state index in [1.165, 1.54) is 23.1 Å². The van der Waals surface area contributed by atoms with Gasteiger partial charge in [0.25, 0.3) is 0 Å². The quantitative estimate of drug-likeness (QED) is 0.842. The molecule has 3 rings (SSSR count). The number of urea groups is 1. The molecule has 0 bridgehead atoms. The average molecular weight is 369 g/mol. The third-order valence-corrected chi connectivity index (χ3v) is 3.82. The Labute approximate surface area is 146 Å². The lowest BCUT2D eigenvalue weighted by atomic mass is 10.2. The zero-order chi connectivity index (χ0) is 18.7. The van der Waals surface area contributed by atoms with Crippen LogP contribution < -0.4 is 10.1 Å². The van der Waals surface area contributed by atoms with Crippen LogP contribution in [0.2, 0.25) is 0 Å². The van der Waals surface area contributed by atoms with Crippen LogP contribution in [0.1, 0.15) is 11.3 Å². The smallest absolute Gasteiger partial charge is 0.433 e. The molecule has 9 heteroatoms. The summed E-state index contributed by atoms with van der Waals surface area (Å²) in [6.45, 7) is 0.776. The van der Waals surface area contributed by atoms with Gasteiger partial charge in [0, 0.05) is 18.8 Å².